The average Bonchev–Trinajstić information content (AvgIpc) is 3.21. The number of carbonyl (C=O) groups is 1. The van der Waals surface area contributed by atoms with Crippen LogP contribution in [-0.4, -0.2) is 17.0 Å². The molecular weight excluding hydrogens is 398 g/mol. The van der Waals surface area contributed by atoms with Crippen molar-refractivity contribution in [3.63, 3.8) is 0 Å². The van der Waals surface area contributed by atoms with Gasteiger partial charge in [0.15, 0.2) is 5.76 Å². The summed E-state index contributed by atoms with van der Waals surface area (Å²) in [6.07, 6.45) is 1.19. The molecule has 1 heterocycles. The van der Waals surface area contributed by atoms with Gasteiger partial charge < -0.3 is 9.15 Å². The van der Waals surface area contributed by atoms with E-state index in [9.17, 15) is 14.9 Å². The minimum atomic E-state index is -0.651. The largest absolute Gasteiger partial charge is 0.489 e. The molecule has 8 heteroatoms. The molecule has 0 aliphatic carbocycles. The summed E-state index contributed by atoms with van der Waals surface area (Å²) in [4.78, 5) is 22.1. The molecule has 1 N–H and O–H groups in total. The van der Waals surface area contributed by atoms with Crippen LogP contribution in [0.15, 0.2) is 70.2 Å². The highest BCUT2D eigenvalue weighted by molar-refractivity contribution is 5.94. The molecule has 0 unspecified atom stereocenters. The third kappa shape index (κ3) is 6.02. The molecule has 0 aliphatic rings. The SMILES string of the molecule is CC(C)(C)c1ccc(OCc2ccc(C(=O)NN=Cc3ccc([N+](=O)[O-])o3)cc2)cc1. The molecule has 3 aromatic rings. The van der Waals surface area contributed by atoms with Gasteiger partial charge in [-0.05, 0) is 46.9 Å². The molecule has 2 aromatic carbocycles. The molecule has 0 aliphatic heterocycles. The van der Waals surface area contributed by atoms with Crippen LogP contribution in [0.25, 0.3) is 0 Å². The number of furan rings is 1. The molecule has 0 saturated heterocycles. The molecule has 0 atom stereocenters. The summed E-state index contributed by atoms with van der Waals surface area (Å²) in [6, 6.07) is 17.6. The molecule has 0 spiro atoms. The van der Waals surface area contributed by atoms with Crippen LogP contribution in [0.2, 0.25) is 0 Å². The van der Waals surface area contributed by atoms with Gasteiger partial charge in [0, 0.05) is 5.56 Å². The summed E-state index contributed by atoms with van der Waals surface area (Å²) < 4.78 is 10.7. The number of hydrogen-bond donors (Lipinski definition) is 1. The van der Waals surface area contributed by atoms with E-state index in [1.54, 1.807) is 24.3 Å². The van der Waals surface area contributed by atoms with Gasteiger partial charge in [0.2, 0.25) is 0 Å². The van der Waals surface area contributed by atoms with Gasteiger partial charge in [0.25, 0.3) is 5.91 Å². The average molecular weight is 421 g/mol. The number of amides is 1. The third-order valence-corrected chi connectivity index (χ3v) is 4.49. The Hall–Kier alpha value is -3.94. The summed E-state index contributed by atoms with van der Waals surface area (Å²) in [5.74, 6) is 0.135. The number of carbonyl (C=O) groups excluding carboxylic acids is 1. The lowest BCUT2D eigenvalue weighted by Gasteiger charge is -2.19. The number of benzene rings is 2. The Morgan fingerprint density at radius 2 is 1.77 bits per heavy atom. The summed E-state index contributed by atoms with van der Waals surface area (Å²) in [7, 11) is 0. The first-order valence-electron chi connectivity index (χ1n) is 9.62. The number of rotatable bonds is 7. The second-order valence-electron chi connectivity index (χ2n) is 7.89. The van der Waals surface area contributed by atoms with Crippen molar-refractivity contribution < 1.29 is 18.9 Å². The smallest absolute Gasteiger partial charge is 0.433 e. The Bertz CT molecular complexity index is 1080. The molecule has 31 heavy (non-hydrogen) atoms. The molecule has 160 valence electrons. The van der Waals surface area contributed by atoms with Gasteiger partial charge >= 0.3 is 5.88 Å². The first-order chi connectivity index (χ1) is 14.7. The van der Waals surface area contributed by atoms with Crippen LogP contribution >= 0.6 is 0 Å². The molecule has 0 bridgehead atoms. The molecule has 0 radical (unpaired) electrons. The van der Waals surface area contributed by atoms with E-state index in [2.05, 4.69) is 43.4 Å². The van der Waals surface area contributed by atoms with Gasteiger partial charge in [0.1, 0.15) is 17.3 Å². The van der Waals surface area contributed by atoms with Crippen molar-refractivity contribution in [1.82, 2.24) is 5.43 Å². The van der Waals surface area contributed by atoms with Crippen molar-refractivity contribution in [3.8, 4) is 5.75 Å². The van der Waals surface area contributed by atoms with Gasteiger partial charge in [0.05, 0.1) is 12.3 Å². The lowest BCUT2D eigenvalue weighted by molar-refractivity contribution is -0.402. The molecular formula is C23H23N3O5. The fourth-order valence-corrected chi connectivity index (χ4v) is 2.70. The van der Waals surface area contributed by atoms with Crippen LogP contribution in [0.4, 0.5) is 5.88 Å². The van der Waals surface area contributed by atoms with E-state index < -0.39 is 16.7 Å². The lowest BCUT2D eigenvalue weighted by atomic mass is 9.87. The van der Waals surface area contributed by atoms with Crippen LogP contribution in [-0.2, 0) is 12.0 Å². The number of nitrogens with zero attached hydrogens (tertiary/aromatic N) is 2. The highest BCUT2D eigenvalue weighted by atomic mass is 16.6. The van der Waals surface area contributed by atoms with Gasteiger partial charge in [-0.2, -0.15) is 5.10 Å². The topological polar surface area (TPSA) is 107 Å². The standard InChI is InChI=1S/C23H23N3O5/c1-23(2,3)18-8-10-19(11-9-18)30-15-16-4-6-17(7-5-16)22(27)25-24-14-20-12-13-21(31-20)26(28)29/h4-14H,15H2,1-3H3,(H,25,27). The highest BCUT2D eigenvalue weighted by Gasteiger charge is 2.13. The lowest BCUT2D eigenvalue weighted by Crippen LogP contribution is -2.17. The molecule has 8 nitrogen and oxygen atoms in total. The fourth-order valence-electron chi connectivity index (χ4n) is 2.70. The summed E-state index contributed by atoms with van der Waals surface area (Å²) in [5.41, 5.74) is 5.02. The Kier molecular flexibility index (Phi) is 6.49. The van der Waals surface area contributed by atoms with Gasteiger partial charge in [-0.1, -0.05) is 45.0 Å². The van der Waals surface area contributed by atoms with Crippen LogP contribution < -0.4 is 10.2 Å². The Morgan fingerprint density at radius 1 is 1.10 bits per heavy atom. The molecule has 0 fully saturated rings. The normalized spacial score (nSPS) is 11.5. The van der Waals surface area contributed by atoms with E-state index >= 15 is 0 Å². The predicted molar refractivity (Wildman–Crippen MR) is 116 cm³/mol. The predicted octanol–water partition coefficient (Wildman–Crippen LogP) is 4.83. The highest BCUT2D eigenvalue weighted by Crippen LogP contribution is 2.24. The van der Waals surface area contributed by atoms with Crippen LogP contribution in [0.3, 0.4) is 0 Å². The second-order valence-corrected chi connectivity index (χ2v) is 7.89. The Labute approximate surface area is 179 Å². The van der Waals surface area contributed by atoms with Crippen LogP contribution in [0, 0.1) is 10.1 Å². The number of nitrogens with one attached hydrogen (secondary N) is 1. The maximum absolute atomic E-state index is 12.2. The number of ether oxygens (including phenoxy) is 1. The summed E-state index contributed by atoms with van der Waals surface area (Å²) >= 11 is 0. The minimum absolute atomic E-state index is 0.0922. The third-order valence-electron chi connectivity index (χ3n) is 4.49. The van der Waals surface area contributed by atoms with Crippen molar-refractivity contribution in [2.45, 2.75) is 32.8 Å². The fraction of sp³-hybridized carbons (Fsp3) is 0.217. The van der Waals surface area contributed by atoms with E-state index in [1.807, 2.05) is 12.1 Å². The molecule has 0 saturated carbocycles. The van der Waals surface area contributed by atoms with Crippen molar-refractivity contribution in [1.29, 1.82) is 0 Å². The van der Waals surface area contributed by atoms with Gasteiger partial charge in [-0.25, -0.2) is 5.43 Å². The minimum Gasteiger partial charge on any atom is -0.489 e. The maximum Gasteiger partial charge on any atom is 0.433 e. The second kappa shape index (κ2) is 9.25. The quantitative estimate of drug-likeness (QED) is 0.334. The van der Waals surface area contributed by atoms with Gasteiger partial charge in [-0.3, -0.25) is 14.9 Å². The van der Waals surface area contributed by atoms with Crippen LogP contribution in [0.5, 0.6) is 5.75 Å². The monoisotopic (exact) mass is 421 g/mol. The number of nitro groups is 1. The first kappa shape index (κ1) is 21.8. The summed E-state index contributed by atoms with van der Waals surface area (Å²) in [6.45, 7) is 6.87. The van der Waals surface area contributed by atoms with E-state index in [0.717, 1.165) is 11.3 Å². The van der Waals surface area contributed by atoms with Gasteiger partial charge in [-0.15, -0.1) is 0 Å². The Morgan fingerprint density at radius 3 is 2.35 bits per heavy atom. The number of hydrazone groups is 1. The zero-order valence-corrected chi connectivity index (χ0v) is 17.5. The Balaban J connectivity index is 1.51. The molecule has 1 aromatic heterocycles. The van der Waals surface area contributed by atoms with Crippen molar-refractivity contribution in [2.24, 2.45) is 5.10 Å². The van der Waals surface area contributed by atoms with Crippen molar-refractivity contribution in [3.05, 3.63) is 93.2 Å². The van der Waals surface area contributed by atoms with Crippen molar-refractivity contribution >= 4 is 18.0 Å². The first-order valence-corrected chi connectivity index (χ1v) is 9.62. The van der Waals surface area contributed by atoms with E-state index in [4.69, 9.17) is 9.15 Å². The zero-order valence-electron chi connectivity index (χ0n) is 17.5. The van der Waals surface area contributed by atoms with Crippen LogP contribution in [0.1, 0.15) is 48.0 Å². The summed E-state index contributed by atoms with van der Waals surface area (Å²) in [5, 5.41) is 14.3. The molecule has 3 rings (SSSR count). The van der Waals surface area contributed by atoms with E-state index in [-0.39, 0.29) is 11.2 Å². The molecule has 1 amide bonds. The maximum atomic E-state index is 12.2. The van der Waals surface area contributed by atoms with E-state index in [0.29, 0.717) is 12.2 Å². The zero-order chi connectivity index (χ0) is 22.4. The van der Waals surface area contributed by atoms with E-state index in [1.165, 1.54) is 23.9 Å². The van der Waals surface area contributed by atoms with Crippen molar-refractivity contribution in [2.75, 3.05) is 0 Å². The number of hydrogen-bond acceptors (Lipinski definition) is 6.